The molecular weight excluding hydrogens is 196 g/mol. The predicted octanol–water partition coefficient (Wildman–Crippen LogP) is -0.180. The molecule has 0 aromatic rings. The van der Waals surface area contributed by atoms with Crippen molar-refractivity contribution in [3.63, 3.8) is 0 Å². The zero-order chi connectivity index (χ0) is 7.11. The Labute approximate surface area is 114 Å². The Morgan fingerprint density at radius 1 is 1.10 bits per heavy atom. The van der Waals surface area contributed by atoms with E-state index in [9.17, 15) is 0 Å². The van der Waals surface area contributed by atoms with E-state index in [-0.39, 0.29) is 58.2 Å². The zero-order valence-electron chi connectivity index (χ0n) is 7.85. The van der Waals surface area contributed by atoms with E-state index in [1.54, 1.807) is 0 Å². The van der Waals surface area contributed by atoms with E-state index < -0.39 is 0 Å². The minimum absolute atomic E-state index is 0. The van der Waals surface area contributed by atoms with Gasteiger partial charge in [0.25, 0.3) is 0 Å². The summed E-state index contributed by atoms with van der Waals surface area (Å²) in [6.45, 7) is 8.52. The summed E-state index contributed by atoms with van der Waals surface area (Å²) in [7, 11) is 0. The molecule has 0 radical (unpaired) electrons. The van der Waals surface area contributed by atoms with Crippen molar-refractivity contribution in [3.05, 3.63) is 5.32 Å². The molecule has 56 valence electrons. The van der Waals surface area contributed by atoms with Crippen molar-refractivity contribution in [3.8, 4) is 0 Å². The topological polar surface area (TPSA) is 14.1 Å². The molecule has 0 aromatic carbocycles. The maximum Gasteiger partial charge on any atom is 1.00 e. The van der Waals surface area contributed by atoms with E-state index in [2.05, 4.69) is 12.2 Å². The van der Waals surface area contributed by atoms with Crippen molar-refractivity contribution in [2.45, 2.75) is 33.6 Å². The molecule has 1 heterocycles. The molecular formula is C8H18NRb. The minimum atomic E-state index is 0. The monoisotopic (exact) mass is 213 g/mol. The van der Waals surface area contributed by atoms with Crippen molar-refractivity contribution in [2.75, 3.05) is 13.1 Å². The van der Waals surface area contributed by atoms with E-state index in [0.717, 1.165) is 19.0 Å². The maximum absolute atomic E-state index is 4.23. The van der Waals surface area contributed by atoms with Gasteiger partial charge in [-0.1, -0.05) is 33.6 Å². The molecule has 0 saturated carbocycles. The first-order chi connectivity index (χ1) is 4.39. The Morgan fingerprint density at radius 3 is 1.70 bits per heavy atom. The van der Waals surface area contributed by atoms with Crippen LogP contribution in [0.5, 0.6) is 0 Å². The van der Waals surface area contributed by atoms with Crippen LogP contribution in [-0.2, 0) is 0 Å². The van der Waals surface area contributed by atoms with Crippen LogP contribution in [0.25, 0.3) is 5.32 Å². The smallest absolute Gasteiger partial charge is 0.662 e. The molecule has 1 aliphatic rings. The molecule has 0 N–H and O–H groups in total. The zero-order valence-corrected chi connectivity index (χ0v) is 12.8. The van der Waals surface area contributed by atoms with E-state index in [0.29, 0.717) is 0 Å². The fourth-order valence-corrected chi connectivity index (χ4v) is 0.879. The first-order valence-electron chi connectivity index (χ1n) is 4.03. The number of hydrogen-bond acceptors (Lipinski definition) is 0. The normalized spacial score (nSPS) is 18.3. The standard InChI is InChI=1S/C6H12N.C2H6.Rb/c1-6-2-4-7-5-3-6;1-2;/h6H,2-5H2,1H3;1-2H3;/q-1;;+1. The van der Waals surface area contributed by atoms with Gasteiger partial charge in [0.2, 0.25) is 0 Å². The molecule has 0 aromatic heterocycles. The molecule has 1 aliphatic heterocycles. The SMILES string of the molecule is CC.CC1CC[N-]CC1.[Rb+]. The molecule has 0 aliphatic carbocycles. The summed E-state index contributed by atoms with van der Waals surface area (Å²) in [5, 5.41) is 4.23. The van der Waals surface area contributed by atoms with E-state index in [1.165, 1.54) is 12.8 Å². The van der Waals surface area contributed by atoms with Crippen LogP contribution in [0.3, 0.4) is 0 Å². The van der Waals surface area contributed by atoms with Crippen LogP contribution in [0.2, 0.25) is 0 Å². The first kappa shape index (κ1) is 14.3. The second kappa shape index (κ2) is 10.8. The van der Waals surface area contributed by atoms with Crippen molar-refractivity contribution in [1.29, 1.82) is 0 Å². The summed E-state index contributed by atoms with van der Waals surface area (Å²) in [5.41, 5.74) is 0. The van der Waals surface area contributed by atoms with Gasteiger partial charge in [0, 0.05) is 0 Å². The number of hydrogen-bond donors (Lipinski definition) is 0. The van der Waals surface area contributed by atoms with E-state index in [4.69, 9.17) is 0 Å². The molecule has 1 nitrogen and oxygen atoms in total. The minimum Gasteiger partial charge on any atom is -0.662 e. The molecule has 1 fully saturated rings. The second-order valence-electron chi connectivity index (χ2n) is 2.35. The molecule has 1 rings (SSSR count). The fraction of sp³-hybridized carbons (Fsp3) is 1.00. The first-order valence-corrected chi connectivity index (χ1v) is 4.03. The molecule has 0 amide bonds. The third kappa shape index (κ3) is 7.87. The van der Waals surface area contributed by atoms with Crippen LogP contribution in [0.15, 0.2) is 0 Å². The average Bonchev–Trinajstić information content (AvgIpc) is 1.94. The molecule has 1 saturated heterocycles. The second-order valence-corrected chi connectivity index (χ2v) is 2.35. The van der Waals surface area contributed by atoms with Crippen LogP contribution in [-0.4, -0.2) is 13.1 Å². The van der Waals surface area contributed by atoms with Crippen molar-refractivity contribution < 1.29 is 58.2 Å². The van der Waals surface area contributed by atoms with Crippen LogP contribution in [0.1, 0.15) is 33.6 Å². The Balaban J connectivity index is 0. The summed E-state index contributed by atoms with van der Waals surface area (Å²) < 4.78 is 0. The van der Waals surface area contributed by atoms with Crippen molar-refractivity contribution >= 4 is 0 Å². The average molecular weight is 214 g/mol. The van der Waals surface area contributed by atoms with Crippen molar-refractivity contribution in [2.24, 2.45) is 5.92 Å². The van der Waals surface area contributed by atoms with Gasteiger partial charge >= 0.3 is 58.2 Å². The maximum atomic E-state index is 4.23. The molecule has 0 unspecified atom stereocenters. The van der Waals surface area contributed by atoms with Gasteiger partial charge in [0.15, 0.2) is 0 Å². The molecule has 10 heavy (non-hydrogen) atoms. The van der Waals surface area contributed by atoms with Gasteiger partial charge in [0.1, 0.15) is 0 Å². The summed E-state index contributed by atoms with van der Waals surface area (Å²) in [6, 6.07) is 0. The van der Waals surface area contributed by atoms with Gasteiger partial charge in [-0.2, -0.15) is 0 Å². The molecule has 0 bridgehead atoms. The van der Waals surface area contributed by atoms with Crippen molar-refractivity contribution in [1.82, 2.24) is 0 Å². The van der Waals surface area contributed by atoms with Crippen LogP contribution >= 0.6 is 0 Å². The molecule has 0 atom stereocenters. The number of piperidine rings is 1. The van der Waals surface area contributed by atoms with Crippen LogP contribution in [0.4, 0.5) is 0 Å². The largest absolute Gasteiger partial charge is 1.00 e. The van der Waals surface area contributed by atoms with Gasteiger partial charge in [0.05, 0.1) is 0 Å². The Kier molecular flexibility index (Phi) is 15.4. The Bertz CT molecular complexity index is 51.2. The Morgan fingerprint density at radius 2 is 1.50 bits per heavy atom. The van der Waals surface area contributed by atoms with E-state index >= 15 is 0 Å². The van der Waals surface area contributed by atoms with Gasteiger partial charge < -0.3 is 5.32 Å². The summed E-state index contributed by atoms with van der Waals surface area (Å²) >= 11 is 0. The van der Waals surface area contributed by atoms with Gasteiger partial charge in [-0.25, -0.2) is 0 Å². The van der Waals surface area contributed by atoms with Gasteiger partial charge in [-0.3, -0.25) is 0 Å². The number of nitrogens with zero attached hydrogens (tertiary/aromatic N) is 1. The molecule has 2 heteroatoms. The molecule has 0 spiro atoms. The van der Waals surface area contributed by atoms with E-state index in [1.807, 2.05) is 13.8 Å². The predicted molar refractivity (Wildman–Crippen MR) is 42.8 cm³/mol. The van der Waals surface area contributed by atoms with Gasteiger partial charge in [-0.15, -0.1) is 13.1 Å². The number of rotatable bonds is 0. The summed E-state index contributed by atoms with van der Waals surface area (Å²) in [6.07, 6.45) is 2.64. The quantitative estimate of drug-likeness (QED) is 0.530. The van der Waals surface area contributed by atoms with Crippen LogP contribution < -0.4 is 58.2 Å². The van der Waals surface area contributed by atoms with Gasteiger partial charge in [-0.05, 0) is 5.92 Å². The Hall–Kier alpha value is 1.77. The van der Waals surface area contributed by atoms with Crippen LogP contribution in [0, 0.1) is 5.92 Å². The third-order valence-electron chi connectivity index (χ3n) is 1.56. The fourth-order valence-electron chi connectivity index (χ4n) is 0.879. The summed E-state index contributed by atoms with van der Waals surface area (Å²) in [4.78, 5) is 0. The third-order valence-corrected chi connectivity index (χ3v) is 1.56. The summed E-state index contributed by atoms with van der Waals surface area (Å²) in [5.74, 6) is 0.942.